The largest absolute Gasteiger partial charge is 0.342 e. The number of hydrogen-bond donors (Lipinski definition) is 0. The van der Waals surface area contributed by atoms with Crippen LogP contribution in [-0.2, 0) is 4.79 Å². The van der Waals surface area contributed by atoms with Gasteiger partial charge in [0.2, 0.25) is 5.91 Å². The number of thioether (sulfide) groups is 1. The minimum atomic E-state index is -0.340. The number of carbonyl (C=O) groups is 1. The van der Waals surface area contributed by atoms with Crippen LogP contribution >= 0.6 is 23.4 Å². The van der Waals surface area contributed by atoms with Crippen LogP contribution in [0.5, 0.6) is 0 Å². The average Bonchev–Trinajstić information content (AvgIpc) is 2.15. The van der Waals surface area contributed by atoms with E-state index >= 15 is 0 Å². The maximum atomic E-state index is 11.6. The summed E-state index contributed by atoms with van der Waals surface area (Å²) in [6.45, 7) is 5.44. The van der Waals surface area contributed by atoms with Crippen molar-refractivity contribution in [2.75, 3.05) is 25.1 Å². The van der Waals surface area contributed by atoms with E-state index in [2.05, 4.69) is 0 Å². The molecule has 0 aromatic heterocycles. The molecule has 0 saturated carbocycles. The highest BCUT2D eigenvalue weighted by molar-refractivity contribution is 7.98. The van der Waals surface area contributed by atoms with Gasteiger partial charge in [0, 0.05) is 13.1 Å². The standard InChI is InChI=1S/C9H18ClNOS/c1-4-11(5-2)9(12)8(10)6-7-13-3/h8H,4-7H2,1-3H3. The average molecular weight is 224 g/mol. The maximum Gasteiger partial charge on any atom is 0.240 e. The van der Waals surface area contributed by atoms with Gasteiger partial charge in [0.15, 0.2) is 0 Å². The number of alkyl halides is 1. The van der Waals surface area contributed by atoms with Gasteiger partial charge >= 0.3 is 0 Å². The summed E-state index contributed by atoms with van der Waals surface area (Å²) in [5.41, 5.74) is 0. The summed E-state index contributed by atoms with van der Waals surface area (Å²) in [5, 5.41) is -0.340. The van der Waals surface area contributed by atoms with Gasteiger partial charge in [-0.3, -0.25) is 4.79 Å². The minimum Gasteiger partial charge on any atom is -0.342 e. The molecule has 0 radical (unpaired) electrons. The van der Waals surface area contributed by atoms with Crippen molar-refractivity contribution in [3.63, 3.8) is 0 Å². The predicted octanol–water partition coefficient (Wildman–Crippen LogP) is 2.22. The quantitative estimate of drug-likeness (QED) is 0.644. The Balaban J connectivity index is 3.92. The van der Waals surface area contributed by atoms with Crippen molar-refractivity contribution < 1.29 is 4.79 Å². The zero-order valence-corrected chi connectivity index (χ0v) is 10.1. The summed E-state index contributed by atoms with van der Waals surface area (Å²) in [6.07, 6.45) is 2.78. The van der Waals surface area contributed by atoms with E-state index in [-0.39, 0.29) is 11.3 Å². The lowest BCUT2D eigenvalue weighted by molar-refractivity contribution is -0.130. The lowest BCUT2D eigenvalue weighted by Gasteiger charge is -2.21. The molecule has 0 bridgehead atoms. The molecule has 4 heteroatoms. The Morgan fingerprint density at radius 1 is 1.46 bits per heavy atom. The van der Waals surface area contributed by atoms with E-state index < -0.39 is 0 Å². The fourth-order valence-electron chi connectivity index (χ4n) is 1.08. The molecule has 0 spiro atoms. The lowest BCUT2D eigenvalue weighted by Crippen LogP contribution is -2.36. The Labute approximate surface area is 90.0 Å². The lowest BCUT2D eigenvalue weighted by atomic mass is 10.3. The van der Waals surface area contributed by atoms with Gasteiger partial charge in [0.25, 0.3) is 0 Å². The van der Waals surface area contributed by atoms with E-state index in [1.807, 2.05) is 20.1 Å². The molecule has 0 rings (SSSR count). The number of halogens is 1. The van der Waals surface area contributed by atoms with Crippen molar-refractivity contribution in [1.82, 2.24) is 4.90 Å². The molecule has 0 aliphatic rings. The molecule has 1 unspecified atom stereocenters. The minimum absolute atomic E-state index is 0.0701. The van der Waals surface area contributed by atoms with Crippen LogP contribution in [0.4, 0.5) is 0 Å². The van der Waals surface area contributed by atoms with Crippen LogP contribution in [0.2, 0.25) is 0 Å². The van der Waals surface area contributed by atoms with Gasteiger partial charge in [-0.05, 0) is 32.3 Å². The molecule has 0 fully saturated rings. The van der Waals surface area contributed by atoms with E-state index in [0.29, 0.717) is 0 Å². The van der Waals surface area contributed by atoms with Gasteiger partial charge in [0.1, 0.15) is 5.38 Å². The maximum absolute atomic E-state index is 11.6. The molecule has 0 saturated heterocycles. The fraction of sp³-hybridized carbons (Fsp3) is 0.889. The van der Waals surface area contributed by atoms with Crippen molar-refractivity contribution in [2.24, 2.45) is 0 Å². The zero-order chi connectivity index (χ0) is 10.3. The third-order valence-electron chi connectivity index (χ3n) is 1.92. The summed E-state index contributed by atoms with van der Waals surface area (Å²) in [4.78, 5) is 13.4. The molecule has 0 heterocycles. The summed E-state index contributed by atoms with van der Waals surface area (Å²) < 4.78 is 0. The molecular formula is C9H18ClNOS. The SMILES string of the molecule is CCN(CC)C(=O)C(Cl)CCSC. The Morgan fingerprint density at radius 3 is 2.38 bits per heavy atom. The van der Waals surface area contributed by atoms with Gasteiger partial charge in [0.05, 0.1) is 0 Å². The number of rotatable bonds is 6. The Bertz CT molecular complexity index is 151. The third-order valence-corrected chi connectivity index (χ3v) is 2.97. The highest BCUT2D eigenvalue weighted by atomic mass is 35.5. The molecule has 0 aliphatic heterocycles. The molecule has 78 valence electrons. The summed E-state index contributed by atoms with van der Waals surface area (Å²) in [6, 6.07) is 0. The van der Waals surface area contributed by atoms with Crippen molar-refractivity contribution >= 4 is 29.3 Å². The van der Waals surface area contributed by atoms with Crippen LogP contribution in [0.1, 0.15) is 20.3 Å². The van der Waals surface area contributed by atoms with E-state index in [1.165, 1.54) is 0 Å². The third kappa shape index (κ3) is 4.77. The van der Waals surface area contributed by atoms with Crippen molar-refractivity contribution in [3.05, 3.63) is 0 Å². The van der Waals surface area contributed by atoms with E-state index in [1.54, 1.807) is 16.7 Å². The van der Waals surface area contributed by atoms with Gasteiger partial charge in [-0.15, -0.1) is 11.6 Å². The summed E-state index contributed by atoms with van der Waals surface area (Å²) in [5.74, 6) is 1.02. The van der Waals surface area contributed by atoms with Gasteiger partial charge < -0.3 is 4.90 Å². The molecule has 0 aliphatic carbocycles. The molecule has 1 amide bonds. The Morgan fingerprint density at radius 2 is 2.00 bits per heavy atom. The molecule has 13 heavy (non-hydrogen) atoms. The molecule has 0 aromatic carbocycles. The second kappa shape index (κ2) is 7.51. The first-order chi connectivity index (χ1) is 6.17. The first-order valence-electron chi connectivity index (χ1n) is 4.59. The van der Waals surface area contributed by atoms with Gasteiger partial charge in [-0.25, -0.2) is 0 Å². The second-order valence-corrected chi connectivity index (χ2v) is 4.27. The number of hydrogen-bond acceptors (Lipinski definition) is 2. The first-order valence-corrected chi connectivity index (χ1v) is 6.42. The predicted molar refractivity (Wildman–Crippen MR) is 60.6 cm³/mol. The Hall–Kier alpha value is 0.110. The Kier molecular flexibility index (Phi) is 7.57. The number of nitrogens with zero attached hydrogens (tertiary/aromatic N) is 1. The molecule has 0 aromatic rings. The smallest absolute Gasteiger partial charge is 0.240 e. The van der Waals surface area contributed by atoms with Crippen LogP contribution in [0.25, 0.3) is 0 Å². The topological polar surface area (TPSA) is 20.3 Å². The second-order valence-electron chi connectivity index (χ2n) is 2.76. The van der Waals surface area contributed by atoms with E-state index in [0.717, 1.165) is 25.3 Å². The molecule has 2 nitrogen and oxygen atoms in total. The summed E-state index contributed by atoms with van der Waals surface area (Å²) in [7, 11) is 0. The normalized spacial score (nSPS) is 12.6. The highest BCUT2D eigenvalue weighted by Gasteiger charge is 2.19. The number of carbonyl (C=O) groups excluding carboxylic acids is 1. The van der Waals surface area contributed by atoms with Crippen molar-refractivity contribution in [1.29, 1.82) is 0 Å². The van der Waals surface area contributed by atoms with Gasteiger partial charge in [-0.1, -0.05) is 0 Å². The first kappa shape index (κ1) is 13.1. The van der Waals surface area contributed by atoms with Crippen LogP contribution in [0.3, 0.4) is 0 Å². The fourth-order valence-corrected chi connectivity index (χ4v) is 1.93. The zero-order valence-electron chi connectivity index (χ0n) is 8.55. The monoisotopic (exact) mass is 223 g/mol. The molecular weight excluding hydrogens is 206 g/mol. The van der Waals surface area contributed by atoms with Crippen molar-refractivity contribution in [2.45, 2.75) is 25.6 Å². The van der Waals surface area contributed by atoms with E-state index in [9.17, 15) is 4.79 Å². The van der Waals surface area contributed by atoms with Crippen LogP contribution < -0.4 is 0 Å². The highest BCUT2D eigenvalue weighted by Crippen LogP contribution is 2.10. The molecule has 0 N–H and O–H groups in total. The van der Waals surface area contributed by atoms with E-state index in [4.69, 9.17) is 11.6 Å². The van der Waals surface area contributed by atoms with Crippen LogP contribution in [0.15, 0.2) is 0 Å². The van der Waals surface area contributed by atoms with Gasteiger partial charge in [-0.2, -0.15) is 11.8 Å². The summed E-state index contributed by atoms with van der Waals surface area (Å²) >= 11 is 7.68. The van der Waals surface area contributed by atoms with Crippen LogP contribution in [-0.4, -0.2) is 41.3 Å². The number of amides is 1. The van der Waals surface area contributed by atoms with Crippen LogP contribution in [0, 0.1) is 0 Å². The van der Waals surface area contributed by atoms with Crippen molar-refractivity contribution in [3.8, 4) is 0 Å². The molecule has 1 atom stereocenters.